The largest absolute Gasteiger partial charge is 0.491 e. The van der Waals surface area contributed by atoms with Gasteiger partial charge >= 0.3 is 0 Å². The van der Waals surface area contributed by atoms with Crippen LogP contribution in [0.2, 0.25) is 0 Å². The van der Waals surface area contributed by atoms with Crippen LogP contribution in [-0.4, -0.2) is 20.7 Å². The topological polar surface area (TPSA) is 67.8 Å². The molecule has 0 unspecified atom stereocenters. The Bertz CT molecular complexity index is 847. The summed E-state index contributed by atoms with van der Waals surface area (Å²) in [5, 5.41) is 3.88. The minimum absolute atomic E-state index is 0.104. The Hall–Kier alpha value is -2.34. The molecule has 5 nitrogen and oxygen atoms in total. The van der Waals surface area contributed by atoms with Crippen LogP contribution in [0.25, 0.3) is 0 Å². The monoisotopic (exact) mass is 360 g/mol. The van der Waals surface area contributed by atoms with E-state index in [1.54, 1.807) is 13.8 Å². The number of rotatable bonds is 6. The van der Waals surface area contributed by atoms with Gasteiger partial charge in [0.05, 0.1) is 17.2 Å². The van der Waals surface area contributed by atoms with E-state index in [9.17, 15) is 8.42 Å². The van der Waals surface area contributed by atoms with Crippen LogP contribution < -0.4 is 9.57 Å². The van der Waals surface area contributed by atoms with Gasteiger partial charge in [0.1, 0.15) is 5.75 Å². The number of aryl methyl sites for hydroxylation is 3. The summed E-state index contributed by atoms with van der Waals surface area (Å²) < 4.78 is 30.6. The third-order valence-corrected chi connectivity index (χ3v) is 5.04. The van der Waals surface area contributed by atoms with Gasteiger partial charge in [-0.05, 0) is 75.6 Å². The Morgan fingerprint density at radius 3 is 2.12 bits per heavy atom. The molecule has 0 saturated carbocycles. The fourth-order valence-electron chi connectivity index (χ4n) is 2.71. The highest BCUT2D eigenvalue weighted by atomic mass is 32.2. The smallest absolute Gasteiger partial charge is 0.277 e. The predicted octanol–water partition coefficient (Wildman–Crippen LogP) is 3.71. The maximum Gasteiger partial charge on any atom is 0.277 e. The molecule has 0 radical (unpaired) electrons. The standard InChI is InChI=1S/C19H24N2O3S/c1-13(2)24-18-8-6-17(7-9-18)12-20-21-25(22,23)19-15(4)10-14(3)11-16(19)5/h6-13,21H,1-5H3/b20-12+. The van der Waals surface area contributed by atoms with Gasteiger partial charge in [-0.25, -0.2) is 4.83 Å². The Morgan fingerprint density at radius 1 is 1.04 bits per heavy atom. The van der Waals surface area contributed by atoms with Crippen molar-refractivity contribution in [3.05, 3.63) is 58.7 Å². The lowest BCUT2D eigenvalue weighted by atomic mass is 10.1. The summed E-state index contributed by atoms with van der Waals surface area (Å²) in [4.78, 5) is 2.56. The van der Waals surface area contributed by atoms with E-state index in [4.69, 9.17) is 4.74 Å². The molecular weight excluding hydrogens is 336 g/mol. The second-order valence-electron chi connectivity index (χ2n) is 6.32. The fourth-order valence-corrected chi connectivity index (χ4v) is 3.96. The van der Waals surface area contributed by atoms with E-state index in [0.717, 1.165) is 16.9 Å². The van der Waals surface area contributed by atoms with Gasteiger partial charge in [-0.15, -0.1) is 0 Å². The summed E-state index contributed by atoms with van der Waals surface area (Å²) >= 11 is 0. The Labute approximate surface area is 149 Å². The number of sulfonamides is 1. The second kappa shape index (κ2) is 7.70. The molecule has 0 aliphatic heterocycles. The highest BCUT2D eigenvalue weighted by Gasteiger charge is 2.18. The van der Waals surface area contributed by atoms with Gasteiger partial charge in [0, 0.05) is 0 Å². The molecule has 0 aliphatic carbocycles. The number of benzene rings is 2. The maximum absolute atomic E-state index is 12.5. The Balaban J connectivity index is 2.13. The molecule has 6 heteroatoms. The van der Waals surface area contributed by atoms with E-state index < -0.39 is 10.0 Å². The van der Waals surface area contributed by atoms with Crippen molar-refractivity contribution in [2.75, 3.05) is 0 Å². The van der Waals surface area contributed by atoms with Gasteiger partial charge in [-0.3, -0.25) is 0 Å². The van der Waals surface area contributed by atoms with Gasteiger partial charge in [-0.1, -0.05) is 17.7 Å². The molecule has 0 heterocycles. The zero-order chi connectivity index (χ0) is 18.6. The minimum Gasteiger partial charge on any atom is -0.491 e. The van der Waals surface area contributed by atoms with Crippen molar-refractivity contribution in [3.63, 3.8) is 0 Å². The summed E-state index contributed by atoms with van der Waals surface area (Å²) in [5.41, 5.74) is 3.21. The molecule has 0 amide bonds. The molecule has 0 spiro atoms. The van der Waals surface area contributed by atoms with Gasteiger partial charge in [0.15, 0.2) is 0 Å². The zero-order valence-corrected chi connectivity index (χ0v) is 16.0. The van der Waals surface area contributed by atoms with E-state index in [0.29, 0.717) is 11.1 Å². The third-order valence-electron chi connectivity index (χ3n) is 3.51. The quantitative estimate of drug-likeness (QED) is 0.631. The van der Waals surface area contributed by atoms with Crippen LogP contribution in [-0.2, 0) is 10.0 Å². The summed E-state index contributed by atoms with van der Waals surface area (Å²) in [6.45, 7) is 9.42. The maximum atomic E-state index is 12.5. The van der Waals surface area contributed by atoms with Crippen LogP contribution in [0.4, 0.5) is 0 Å². The van der Waals surface area contributed by atoms with Crippen LogP contribution in [0.1, 0.15) is 36.1 Å². The van der Waals surface area contributed by atoms with Crippen molar-refractivity contribution < 1.29 is 13.2 Å². The van der Waals surface area contributed by atoms with E-state index in [2.05, 4.69) is 9.93 Å². The molecule has 2 aromatic carbocycles. The molecule has 0 fully saturated rings. The third kappa shape index (κ3) is 5.06. The number of ether oxygens (including phenoxy) is 1. The van der Waals surface area contributed by atoms with Crippen LogP contribution in [0, 0.1) is 20.8 Å². The molecule has 0 aliphatic rings. The molecule has 2 rings (SSSR count). The van der Waals surface area contributed by atoms with Crippen LogP contribution >= 0.6 is 0 Å². The SMILES string of the molecule is Cc1cc(C)c(S(=O)(=O)N/N=C/c2ccc(OC(C)C)cc2)c(C)c1. The van der Waals surface area contributed by atoms with Gasteiger partial charge in [-0.2, -0.15) is 13.5 Å². The molecule has 1 N–H and O–H groups in total. The average Bonchev–Trinajstić information content (AvgIpc) is 2.46. The number of hydrogen-bond donors (Lipinski definition) is 1. The Morgan fingerprint density at radius 2 is 1.60 bits per heavy atom. The van der Waals surface area contributed by atoms with E-state index >= 15 is 0 Å². The van der Waals surface area contributed by atoms with Gasteiger partial charge in [0.25, 0.3) is 10.0 Å². The molecule has 25 heavy (non-hydrogen) atoms. The number of hydrazone groups is 1. The molecule has 0 atom stereocenters. The van der Waals surface area contributed by atoms with Crippen molar-refractivity contribution in [2.45, 2.75) is 45.6 Å². The van der Waals surface area contributed by atoms with Crippen molar-refractivity contribution in [2.24, 2.45) is 5.10 Å². The lowest BCUT2D eigenvalue weighted by Gasteiger charge is -2.11. The number of nitrogens with zero attached hydrogens (tertiary/aromatic N) is 1. The van der Waals surface area contributed by atoms with Gasteiger partial charge < -0.3 is 4.74 Å². The molecule has 0 aromatic heterocycles. The molecule has 0 saturated heterocycles. The summed E-state index contributed by atoms with van der Waals surface area (Å²) in [5.74, 6) is 0.763. The van der Waals surface area contributed by atoms with Crippen molar-refractivity contribution in [1.29, 1.82) is 0 Å². The summed E-state index contributed by atoms with van der Waals surface area (Å²) in [7, 11) is -3.71. The second-order valence-corrected chi connectivity index (χ2v) is 7.91. The first-order valence-corrected chi connectivity index (χ1v) is 9.57. The lowest BCUT2D eigenvalue weighted by molar-refractivity contribution is 0.242. The minimum atomic E-state index is -3.71. The molecule has 2 aromatic rings. The van der Waals surface area contributed by atoms with Crippen LogP contribution in [0.3, 0.4) is 0 Å². The molecule has 0 bridgehead atoms. The Kier molecular flexibility index (Phi) is 5.85. The summed E-state index contributed by atoms with van der Waals surface area (Å²) in [6, 6.07) is 11.0. The van der Waals surface area contributed by atoms with E-state index in [-0.39, 0.29) is 11.0 Å². The normalized spacial score (nSPS) is 11.9. The van der Waals surface area contributed by atoms with Gasteiger partial charge in [0.2, 0.25) is 0 Å². The molecule has 134 valence electrons. The first-order valence-electron chi connectivity index (χ1n) is 8.08. The zero-order valence-electron chi connectivity index (χ0n) is 15.2. The number of hydrogen-bond acceptors (Lipinski definition) is 4. The van der Waals surface area contributed by atoms with E-state index in [1.165, 1.54) is 6.21 Å². The fraction of sp³-hybridized carbons (Fsp3) is 0.316. The first kappa shape index (κ1) is 19.0. The number of nitrogens with one attached hydrogen (secondary N) is 1. The van der Waals surface area contributed by atoms with Crippen LogP contribution in [0.5, 0.6) is 5.75 Å². The van der Waals surface area contributed by atoms with Crippen molar-refractivity contribution in [3.8, 4) is 5.75 Å². The average molecular weight is 360 g/mol. The molecular formula is C19H24N2O3S. The summed E-state index contributed by atoms with van der Waals surface area (Å²) in [6.07, 6.45) is 1.57. The first-order chi connectivity index (χ1) is 11.7. The lowest BCUT2D eigenvalue weighted by Crippen LogP contribution is -2.20. The van der Waals surface area contributed by atoms with Crippen molar-refractivity contribution >= 4 is 16.2 Å². The highest BCUT2D eigenvalue weighted by Crippen LogP contribution is 2.21. The highest BCUT2D eigenvalue weighted by molar-refractivity contribution is 7.89. The predicted molar refractivity (Wildman–Crippen MR) is 101 cm³/mol. The van der Waals surface area contributed by atoms with Crippen LogP contribution in [0.15, 0.2) is 46.4 Å². The van der Waals surface area contributed by atoms with Crippen molar-refractivity contribution in [1.82, 2.24) is 4.83 Å². The van der Waals surface area contributed by atoms with E-state index in [1.807, 2.05) is 57.2 Å².